The Kier molecular flexibility index (Phi) is 6.56. The van der Waals surface area contributed by atoms with Crippen LogP contribution in [0.1, 0.15) is 11.3 Å². The second-order valence-electron chi connectivity index (χ2n) is 2.90. The molecule has 0 aliphatic carbocycles. The first-order chi connectivity index (χ1) is 7.24. The van der Waals surface area contributed by atoms with Crippen molar-refractivity contribution in [3.63, 3.8) is 0 Å². The minimum atomic E-state index is 0.730. The standard InChI is InChI=1S/C10H13Br2NOS/c1-2-14-5-3-4-13-7-8-6-9(11)10(12)15-8/h2,6,13H,1,3-5,7H2. The Bertz CT molecular complexity index is 295. The molecule has 1 aromatic rings. The van der Waals surface area contributed by atoms with E-state index in [-0.39, 0.29) is 0 Å². The molecular formula is C10H13Br2NOS. The highest BCUT2D eigenvalue weighted by Crippen LogP contribution is 2.32. The second kappa shape index (κ2) is 7.44. The van der Waals surface area contributed by atoms with Gasteiger partial charge in [0.1, 0.15) is 0 Å². The average Bonchev–Trinajstić information content (AvgIpc) is 2.52. The van der Waals surface area contributed by atoms with Gasteiger partial charge in [0.15, 0.2) is 0 Å². The van der Waals surface area contributed by atoms with Crippen molar-refractivity contribution < 1.29 is 4.74 Å². The number of ether oxygens (including phenoxy) is 1. The van der Waals surface area contributed by atoms with Gasteiger partial charge in [0.2, 0.25) is 0 Å². The quantitative estimate of drug-likeness (QED) is 0.592. The van der Waals surface area contributed by atoms with E-state index in [1.807, 2.05) is 0 Å². The van der Waals surface area contributed by atoms with Crippen molar-refractivity contribution in [2.45, 2.75) is 13.0 Å². The molecule has 5 heteroatoms. The van der Waals surface area contributed by atoms with Gasteiger partial charge in [0.05, 0.1) is 16.7 Å². The number of hydrogen-bond donors (Lipinski definition) is 1. The van der Waals surface area contributed by atoms with Crippen LogP contribution >= 0.6 is 43.2 Å². The van der Waals surface area contributed by atoms with Crippen LogP contribution < -0.4 is 5.32 Å². The molecule has 1 aromatic heterocycles. The summed E-state index contributed by atoms with van der Waals surface area (Å²) in [6.45, 7) is 6.08. The molecule has 0 aromatic carbocycles. The van der Waals surface area contributed by atoms with Crippen LogP contribution in [0.25, 0.3) is 0 Å². The Balaban J connectivity index is 2.12. The number of rotatable bonds is 7. The fraction of sp³-hybridized carbons (Fsp3) is 0.400. The summed E-state index contributed by atoms with van der Waals surface area (Å²) < 4.78 is 7.29. The molecule has 0 fully saturated rings. The van der Waals surface area contributed by atoms with Crippen LogP contribution in [-0.4, -0.2) is 13.2 Å². The SMILES string of the molecule is C=COCCCNCc1cc(Br)c(Br)s1. The molecule has 0 atom stereocenters. The van der Waals surface area contributed by atoms with Crippen LogP contribution in [0.5, 0.6) is 0 Å². The first-order valence-corrected chi connectivity index (χ1v) is 7.01. The average molecular weight is 355 g/mol. The monoisotopic (exact) mass is 353 g/mol. The molecule has 0 saturated carbocycles. The third kappa shape index (κ3) is 5.15. The van der Waals surface area contributed by atoms with Crippen molar-refractivity contribution in [2.24, 2.45) is 0 Å². The van der Waals surface area contributed by atoms with E-state index in [9.17, 15) is 0 Å². The molecule has 0 bridgehead atoms. The molecule has 1 rings (SSSR count). The molecule has 0 amide bonds. The van der Waals surface area contributed by atoms with Crippen molar-refractivity contribution in [1.82, 2.24) is 5.32 Å². The Morgan fingerprint density at radius 2 is 2.33 bits per heavy atom. The normalized spacial score (nSPS) is 10.3. The molecule has 15 heavy (non-hydrogen) atoms. The highest BCUT2D eigenvalue weighted by molar-refractivity contribution is 9.13. The summed E-state index contributed by atoms with van der Waals surface area (Å²) in [5.41, 5.74) is 0. The minimum absolute atomic E-state index is 0.730. The zero-order valence-electron chi connectivity index (χ0n) is 8.26. The van der Waals surface area contributed by atoms with Crippen LogP contribution in [0.15, 0.2) is 27.2 Å². The van der Waals surface area contributed by atoms with Crippen molar-refractivity contribution in [1.29, 1.82) is 0 Å². The smallest absolute Gasteiger partial charge is 0.0885 e. The molecule has 0 spiro atoms. The predicted octanol–water partition coefficient (Wildman–Crippen LogP) is 3.91. The highest BCUT2D eigenvalue weighted by atomic mass is 79.9. The lowest BCUT2D eigenvalue weighted by molar-refractivity contribution is 0.244. The molecular weight excluding hydrogens is 342 g/mol. The molecule has 0 radical (unpaired) electrons. The lowest BCUT2D eigenvalue weighted by Crippen LogP contribution is -2.15. The number of halogens is 2. The maximum Gasteiger partial charge on any atom is 0.0885 e. The maximum absolute atomic E-state index is 5.02. The van der Waals surface area contributed by atoms with Crippen LogP contribution in [0.3, 0.4) is 0 Å². The van der Waals surface area contributed by atoms with Crippen molar-refractivity contribution in [3.8, 4) is 0 Å². The van der Waals surface area contributed by atoms with E-state index in [4.69, 9.17) is 4.74 Å². The third-order valence-corrected chi connectivity index (χ3v) is 4.99. The van der Waals surface area contributed by atoms with Gasteiger partial charge in [0, 0.05) is 15.9 Å². The lowest BCUT2D eigenvalue weighted by Gasteiger charge is -2.02. The highest BCUT2D eigenvalue weighted by Gasteiger charge is 2.02. The van der Waals surface area contributed by atoms with Gasteiger partial charge in [-0.15, -0.1) is 11.3 Å². The van der Waals surface area contributed by atoms with Crippen LogP contribution in [0.4, 0.5) is 0 Å². The molecule has 0 aliphatic rings. The van der Waals surface area contributed by atoms with E-state index < -0.39 is 0 Å². The zero-order chi connectivity index (χ0) is 11.1. The summed E-state index contributed by atoms with van der Waals surface area (Å²) in [7, 11) is 0. The molecule has 1 N–H and O–H groups in total. The summed E-state index contributed by atoms with van der Waals surface area (Å²) in [6.07, 6.45) is 2.48. The molecule has 84 valence electrons. The van der Waals surface area contributed by atoms with Gasteiger partial charge in [-0.1, -0.05) is 6.58 Å². The topological polar surface area (TPSA) is 21.3 Å². The van der Waals surface area contributed by atoms with Gasteiger partial charge in [-0.25, -0.2) is 0 Å². The van der Waals surface area contributed by atoms with Crippen molar-refractivity contribution in [2.75, 3.05) is 13.2 Å². The van der Waals surface area contributed by atoms with Gasteiger partial charge >= 0.3 is 0 Å². The molecule has 0 saturated heterocycles. The Labute approximate surface area is 111 Å². The van der Waals surface area contributed by atoms with E-state index in [1.54, 1.807) is 11.3 Å². The fourth-order valence-corrected chi connectivity index (χ4v) is 3.20. The van der Waals surface area contributed by atoms with E-state index in [2.05, 4.69) is 49.8 Å². The van der Waals surface area contributed by atoms with Crippen LogP contribution in [0, 0.1) is 0 Å². The number of thiophene rings is 1. The van der Waals surface area contributed by atoms with Crippen molar-refractivity contribution in [3.05, 3.63) is 32.0 Å². The first-order valence-electron chi connectivity index (χ1n) is 4.61. The van der Waals surface area contributed by atoms with E-state index in [0.29, 0.717) is 0 Å². The first kappa shape index (κ1) is 13.2. The third-order valence-electron chi connectivity index (χ3n) is 1.73. The van der Waals surface area contributed by atoms with E-state index >= 15 is 0 Å². The van der Waals surface area contributed by atoms with Crippen molar-refractivity contribution >= 4 is 43.2 Å². The van der Waals surface area contributed by atoms with Gasteiger partial charge in [0.25, 0.3) is 0 Å². The van der Waals surface area contributed by atoms with Gasteiger partial charge < -0.3 is 10.1 Å². The molecule has 1 heterocycles. The van der Waals surface area contributed by atoms with E-state index in [1.165, 1.54) is 11.1 Å². The molecule has 2 nitrogen and oxygen atoms in total. The number of hydrogen-bond acceptors (Lipinski definition) is 3. The van der Waals surface area contributed by atoms with E-state index in [0.717, 1.165) is 34.4 Å². The lowest BCUT2D eigenvalue weighted by atomic mass is 10.4. The Morgan fingerprint density at radius 1 is 1.53 bits per heavy atom. The van der Waals surface area contributed by atoms with Crippen LogP contribution in [-0.2, 0) is 11.3 Å². The number of nitrogens with one attached hydrogen (secondary N) is 1. The largest absolute Gasteiger partial charge is 0.502 e. The predicted molar refractivity (Wildman–Crippen MR) is 72.2 cm³/mol. The maximum atomic E-state index is 5.02. The zero-order valence-corrected chi connectivity index (χ0v) is 12.3. The fourth-order valence-electron chi connectivity index (χ4n) is 1.05. The summed E-state index contributed by atoms with van der Waals surface area (Å²) in [4.78, 5) is 1.32. The molecule has 0 unspecified atom stereocenters. The molecule has 0 aliphatic heterocycles. The minimum Gasteiger partial charge on any atom is -0.502 e. The summed E-state index contributed by atoms with van der Waals surface area (Å²) >= 11 is 8.68. The Hall–Kier alpha value is 0.160. The van der Waals surface area contributed by atoms with Gasteiger partial charge in [-0.3, -0.25) is 0 Å². The summed E-state index contributed by atoms with van der Waals surface area (Å²) in [6, 6.07) is 2.13. The van der Waals surface area contributed by atoms with Gasteiger partial charge in [-0.05, 0) is 50.9 Å². The second-order valence-corrected chi connectivity index (χ2v) is 6.21. The summed E-state index contributed by atoms with van der Waals surface area (Å²) in [5.74, 6) is 0. The Morgan fingerprint density at radius 3 is 2.93 bits per heavy atom. The van der Waals surface area contributed by atoms with Crippen LogP contribution in [0.2, 0.25) is 0 Å². The van der Waals surface area contributed by atoms with Gasteiger partial charge in [-0.2, -0.15) is 0 Å². The summed E-state index contributed by atoms with van der Waals surface area (Å²) in [5, 5.41) is 3.36.